The van der Waals surface area contributed by atoms with Crippen molar-refractivity contribution >= 4 is 40.5 Å². The van der Waals surface area contributed by atoms with Gasteiger partial charge in [0.15, 0.2) is 6.61 Å². The minimum absolute atomic E-state index is 0.0170. The van der Waals surface area contributed by atoms with Crippen molar-refractivity contribution in [1.82, 2.24) is 15.3 Å². The molecule has 1 unspecified atom stereocenters. The van der Waals surface area contributed by atoms with Gasteiger partial charge in [-0.3, -0.25) is 4.79 Å². The molecule has 0 aliphatic carbocycles. The van der Waals surface area contributed by atoms with E-state index in [1.807, 2.05) is 66.8 Å². The molecule has 0 bridgehead atoms. The van der Waals surface area contributed by atoms with Crippen molar-refractivity contribution in [2.24, 2.45) is 0 Å². The minimum Gasteiger partial charge on any atom is -0.484 e. The molecule has 0 radical (unpaired) electrons. The number of fused-ring (bicyclic) bond motifs is 1. The Balaban J connectivity index is 1.29. The van der Waals surface area contributed by atoms with Crippen LogP contribution in [0.1, 0.15) is 28.9 Å². The predicted molar refractivity (Wildman–Crippen MR) is 112 cm³/mol. The van der Waals surface area contributed by atoms with E-state index in [0.29, 0.717) is 10.3 Å². The first-order valence-electron chi connectivity index (χ1n) is 8.89. The second-order valence-electron chi connectivity index (χ2n) is 6.36. The molecule has 1 fully saturated rings. The standard InChI is InChI=1S/C20H21N3O2S2/c1-13(19-22-16-4-2-3-5-17(16)23-19)21-18(24)12-25-15-8-6-14(7-9-15)20-26-10-11-27-20/h2-9,13,20H,10-12H2,1H3,(H,21,24)(H,22,23). The molecule has 1 aliphatic rings. The molecule has 4 rings (SSSR count). The highest BCUT2D eigenvalue weighted by atomic mass is 32.2. The first-order chi connectivity index (χ1) is 13.2. The van der Waals surface area contributed by atoms with Gasteiger partial charge in [0.2, 0.25) is 0 Å². The van der Waals surface area contributed by atoms with Crippen LogP contribution >= 0.6 is 23.5 Å². The quantitative estimate of drug-likeness (QED) is 0.647. The molecule has 1 aromatic heterocycles. The molecule has 7 heteroatoms. The number of aromatic nitrogens is 2. The van der Waals surface area contributed by atoms with Gasteiger partial charge in [0.05, 0.1) is 21.7 Å². The summed E-state index contributed by atoms with van der Waals surface area (Å²) < 4.78 is 6.15. The highest BCUT2D eigenvalue weighted by molar-refractivity contribution is 8.19. The maximum atomic E-state index is 12.2. The van der Waals surface area contributed by atoms with Crippen LogP contribution in [0.25, 0.3) is 11.0 Å². The van der Waals surface area contributed by atoms with Gasteiger partial charge >= 0.3 is 0 Å². The number of amides is 1. The summed E-state index contributed by atoms with van der Waals surface area (Å²) in [5, 5.41) is 2.92. The maximum Gasteiger partial charge on any atom is 0.258 e. The van der Waals surface area contributed by atoms with Crippen molar-refractivity contribution in [3.63, 3.8) is 0 Å². The molecule has 1 saturated heterocycles. The van der Waals surface area contributed by atoms with Crippen LogP contribution in [0.5, 0.6) is 5.75 Å². The van der Waals surface area contributed by atoms with E-state index in [1.165, 1.54) is 17.1 Å². The fourth-order valence-electron chi connectivity index (χ4n) is 2.95. The molecule has 0 saturated carbocycles. The van der Waals surface area contributed by atoms with Crippen molar-refractivity contribution in [2.75, 3.05) is 18.1 Å². The minimum atomic E-state index is -0.215. The zero-order valence-corrected chi connectivity index (χ0v) is 16.6. The summed E-state index contributed by atoms with van der Waals surface area (Å²) in [6.45, 7) is 1.89. The first kappa shape index (κ1) is 18.3. The lowest BCUT2D eigenvalue weighted by Gasteiger charge is -2.13. The predicted octanol–water partition coefficient (Wildman–Crippen LogP) is 4.30. The van der Waals surface area contributed by atoms with Gasteiger partial charge in [0, 0.05) is 11.5 Å². The Morgan fingerprint density at radius 1 is 1.22 bits per heavy atom. The number of hydrogen-bond donors (Lipinski definition) is 2. The molecule has 5 nitrogen and oxygen atoms in total. The molecule has 3 aromatic rings. The Morgan fingerprint density at radius 3 is 2.70 bits per heavy atom. The van der Waals surface area contributed by atoms with Gasteiger partial charge < -0.3 is 15.0 Å². The van der Waals surface area contributed by atoms with Gasteiger partial charge in [0.1, 0.15) is 11.6 Å². The number of carbonyl (C=O) groups is 1. The summed E-state index contributed by atoms with van der Waals surface area (Å²) >= 11 is 3.95. The molecule has 2 heterocycles. The average molecular weight is 400 g/mol. The molecular weight excluding hydrogens is 378 g/mol. The molecule has 1 atom stereocenters. The lowest BCUT2D eigenvalue weighted by atomic mass is 10.2. The second kappa shape index (κ2) is 8.27. The molecule has 27 heavy (non-hydrogen) atoms. The lowest BCUT2D eigenvalue weighted by Crippen LogP contribution is -2.31. The molecular formula is C20H21N3O2S2. The smallest absolute Gasteiger partial charge is 0.258 e. The Morgan fingerprint density at radius 2 is 1.96 bits per heavy atom. The van der Waals surface area contributed by atoms with E-state index in [-0.39, 0.29) is 18.6 Å². The van der Waals surface area contributed by atoms with E-state index in [2.05, 4.69) is 27.4 Å². The van der Waals surface area contributed by atoms with Gasteiger partial charge in [-0.25, -0.2) is 4.98 Å². The van der Waals surface area contributed by atoms with Crippen LogP contribution < -0.4 is 10.1 Å². The van der Waals surface area contributed by atoms with Crippen LogP contribution in [0.2, 0.25) is 0 Å². The second-order valence-corrected chi connectivity index (χ2v) is 9.08. The fourth-order valence-corrected chi connectivity index (χ4v) is 5.81. The Hall–Kier alpha value is -2.12. The van der Waals surface area contributed by atoms with E-state index >= 15 is 0 Å². The van der Waals surface area contributed by atoms with E-state index in [4.69, 9.17) is 4.74 Å². The van der Waals surface area contributed by atoms with Crippen molar-refractivity contribution < 1.29 is 9.53 Å². The zero-order chi connectivity index (χ0) is 18.6. The van der Waals surface area contributed by atoms with Crippen molar-refractivity contribution in [2.45, 2.75) is 17.5 Å². The average Bonchev–Trinajstić information content (AvgIpc) is 3.36. The highest BCUT2D eigenvalue weighted by Gasteiger charge is 2.18. The number of benzene rings is 2. The number of nitrogens with zero attached hydrogens (tertiary/aromatic N) is 1. The topological polar surface area (TPSA) is 67.0 Å². The van der Waals surface area contributed by atoms with Crippen LogP contribution in [-0.4, -0.2) is 34.0 Å². The SMILES string of the molecule is CC(NC(=O)COc1ccc(C2SCCS2)cc1)c1nc2ccccc2[nH]1. The Labute approximate surface area is 166 Å². The fraction of sp³-hybridized carbons (Fsp3) is 0.300. The molecule has 0 spiro atoms. The molecule has 1 amide bonds. The Kier molecular flexibility index (Phi) is 5.59. The van der Waals surface area contributed by atoms with E-state index < -0.39 is 0 Å². The summed E-state index contributed by atoms with van der Waals surface area (Å²) in [4.78, 5) is 20.0. The summed E-state index contributed by atoms with van der Waals surface area (Å²) in [6.07, 6.45) is 0. The van der Waals surface area contributed by atoms with Crippen molar-refractivity contribution in [1.29, 1.82) is 0 Å². The number of ether oxygens (including phenoxy) is 1. The maximum absolute atomic E-state index is 12.2. The largest absolute Gasteiger partial charge is 0.484 e. The van der Waals surface area contributed by atoms with E-state index in [1.54, 1.807) is 0 Å². The van der Waals surface area contributed by atoms with Gasteiger partial charge in [-0.2, -0.15) is 0 Å². The van der Waals surface area contributed by atoms with Gasteiger partial charge in [0.25, 0.3) is 5.91 Å². The third kappa shape index (κ3) is 4.42. The normalized spacial score (nSPS) is 15.7. The van der Waals surface area contributed by atoms with Crippen molar-refractivity contribution in [3.05, 3.63) is 59.9 Å². The monoisotopic (exact) mass is 399 g/mol. The number of H-pyrrole nitrogens is 1. The van der Waals surface area contributed by atoms with Crippen LogP contribution in [0, 0.1) is 0 Å². The number of nitrogens with one attached hydrogen (secondary N) is 2. The summed E-state index contributed by atoms with van der Waals surface area (Å²) in [7, 11) is 0. The summed E-state index contributed by atoms with van der Waals surface area (Å²) in [5.41, 5.74) is 3.16. The van der Waals surface area contributed by atoms with E-state index in [0.717, 1.165) is 16.9 Å². The number of carbonyl (C=O) groups excluding carboxylic acids is 1. The van der Waals surface area contributed by atoms with Crippen LogP contribution in [0.3, 0.4) is 0 Å². The summed E-state index contributed by atoms with van der Waals surface area (Å²) in [5.74, 6) is 3.68. The number of rotatable bonds is 6. The van der Waals surface area contributed by atoms with Crippen LogP contribution in [0.4, 0.5) is 0 Å². The van der Waals surface area contributed by atoms with Crippen LogP contribution in [0.15, 0.2) is 48.5 Å². The van der Waals surface area contributed by atoms with Gasteiger partial charge in [-0.1, -0.05) is 24.3 Å². The summed E-state index contributed by atoms with van der Waals surface area (Å²) in [6, 6.07) is 15.6. The van der Waals surface area contributed by atoms with Gasteiger partial charge in [-0.05, 0) is 36.8 Å². The zero-order valence-electron chi connectivity index (χ0n) is 15.0. The first-order valence-corrected chi connectivity index (χ1v) is 11.0. The van der Waals surface area contributed by atoms with Gasteiger partial charge in [-0.15, -0.1) is 23.5 Å². The molecule has 2 aromatic carbocycles. The molecule has 140 valence electrons. The lowest BCUT2D eigenvalue weighted by molar-refractivity contribution is -0.123. The number of aromatic amines is 1. The number of hydrogen-bond acceptors (Lipinski definition) is 5. The number of thioether (sulfide) groups is 2. The Bertz CT molecular complexity index is 887. The third-order valence-electron chi connectivity index (χ3n) is 4.34. The number of imidazole rings is 1. The number of para-hydroxylation sites is 2. The van der Waals surface area contributed by atoms with Crippen LogP contribution in [-0.2, 0) is 4.79 Å². The highest BCUT2D eigenvalue weighted by Crippen LogP contribution is 2.45. The van der Waals surface area contributed by atoms with Crippen molar-refractivity contribution in [3.8, 4) is 5.75 Å². The third-order valence-corrected chi connectivity index (χ3v) is 7.44. The van der Waals surface area contributed by atoms with E-state index in [9.17, 15) is 4.79 Å². The molecule has 2 N–H and O–H groups in total. The molecule has 1 aliphatic heterocycles.